The predicted octanol–water partition coefficient (Wildman–Crippen LogP) is 3.84. The second-order valence-electron chi connectivity index (χ2n) is 7.30. The molecular formula is C18H24ClNO. The fourth-order valence-electron chi connectivity index (χ4n) is 5.26. The van der Waals surface area contributed by atoms with Gasteiger partial charge in [-0.1, -0.05) is 18.0 Å². The highest BCUT2D eigenvalue weighted by Gasteiger charge is 2.50. The van der Waals surface area contributed by atoms with Gasteiger partial charge >= 0.3 is 0 Å². The third-order valence-electron chi connectivity index (χ3n) is 6.00. The summed E-state index contributed by atoms with van der Waals surface area (Å²) < 4.78 is 5.92. The van der Waals surface area contributed by atoms with Gasteiger partial charge in [0.1, 0.15) is 5.75 Å². The van der Waals surface area contributed by atoms with Crippen LogP contribution < -0.4 is 10.1 Å². The van der Waals surface area contributed by atoms with Crippen LogP contribution in [0.25, 0.3) is 0 Å². The molecule has 2 nitrogen and oxygen atoms in total. The summed E-state index contributed by atoms with van der Waals surface area (Å²) in [6.45, 7) is 1.93. The van der Waals surface area contributed by atoms with Gasteiger partial charge in [-0.15, -0.1) is 0 Å². The summed E-state index contributed by atoms with van der Waals surface area (Å²) in [7, 11) is 2.09. The molecule has 1 aromatic carbocycles. The number of hydrogen-bond acceptors (Lipinski definition) is 2. The Morgan fingerprint density at radius 2 is 2.29 bits per heavy atom. The van der Waals surface area contributed by atoms with Crippen molar-refractivity contribution in [3.63, 3.8) is 0 Å². The van der Waals surface area contributed by atoms with Gasteiger partial charge in [-0.25, -0.2) is 0 Å². The maximum absolute atomic E-state index is 6.34. The molecule has 2 bridgehead atoms. The number of fused-ring (bicyclic) bond motifs is 3. The summed E-state index contributed by atoms with van der Waals surface area (Å²) in [5.41, 5.74) is 3.07. The highest BCUT2D eigenvalue weighted by Crippen LogP contribution is 2.57. The van der Waals surface area contributed by atoms with Crippen molar-refractivity contribution < 1.29 is 4.74 Å². The third-order valence-corrected chi connectivity index (χ3v) is 6.22. The van der Waals surface area contributed by atoms with E-state index in [9.17, 15) is 0 Å². The molecule has 3 atom stereocenters. The number of nitrogens with one attached hydrogen (secondary N) is 1. The number of rotatable bonds is 4. The Hall–Kier alpha value is -0.730. The zero-order valence-electron chi connectivity index (χ0n) is 12.8. The van der Waals surface area contributed by atoms with Gasteiger partial charge in [0.25, 0.3) is 0 Å². The van der Waals surface area contributed by atoms with E-state index in [0.717, 1.165) is 48.6 Å². The molecule has 1 aromatic rings. The van der Waals surface area contributed by atoms with Crippen LogP contribution in [0.1, 0.15) is 36.8 Å². The van der Waals surface area contributed by atoms with Crippen molar-refractivity contribution in [3.05, 3.63) is 28.3 Å². The van der Waals surface area contributed by atoms with E-state index in [1.54, 1.807) is 0 Å². The van der Waals surface area contributed by atoms with Gasteiger partial charge in [0.05, 0.1) is 6.61 Å². The molecule has 3 heteroatoms. The minimum Gasteiger partial charge on any atom is -0.493 e. The van der Waals surface area contributed by atoms with Crippen LogP contribution in [-0.4, -0.2) is 20.2 Å². The Morgan fingerprint density at radius 3 is 3.00 bits per heavy atom. The first kappa shape index (κ1) is 13.9. The van der Waals surface area contributed by atoms with Crippen molar-refractivity contribution in [2.24, 2.45) is 17.3 Å². The zero-order valence-corrected chi connectivity index (χ0v) is 13.5. The first-order chi connectivity index (χ1) is 10.2. The van der Waals surface area contributed by atoms with Crippen molar-refractivity contribution in [2.75, 3.05) is 20.2 Å². The minimum atomic E-state index is 0.419. The standard InChI is InChI=1S/C18H24ClNO/c1-20-11-18(9-12-2-3-15(18)6-12)10-14-8-16(19)7-13-4-5-21-17(13)14/h7-8,12,15,20H,2-6,9-11H2,1H3. The molecule has 0 radical (unpaired) electrons. The third kappa shape index (κ3) is 2.27. The highest BCUT2D eigenvalue weighted by molar-refractivity contribution is 6.30. The SMILES string of the molecule is CNCC1(Cc2cc(Cl)cc3c2OCC3)CC2CCC1C2. The van der Waals surface area contributed by atoms with Gasteiger partial charge in [0, 0.05) is 18.0 Å². The Labute approximate surface area is 132 Å². The van der Waals surface area contributed by atoms with Crippen LogP contribution in [0.3, 0.4) is 0 Å². The molecule has 0 saturated heterocycles. The van der Waals surface area contributed by atoms with E-state index in [2.05, 4.69) is 24.5 Å². The van der Waals surface area contributed by atoms with E-state index >= 15 is 0 Å². The van der Waals surface area contributed by atoms with Crippen molar-refractivity contribution >= 4 is 11.6 Å². The Bertz CT molecular complexity index is 558. The molecule has 0 spiro atoms. The molecule has 4 rings (SSSR count). The fraction of sp³-hybridized carbons (Fsp3) is 0.667. The maximum atomic E-state index is 6.34. The van der Waals surface area contributed by atoms with E-state index in [-0.39, 0.29) is 0 Å². The second-order valence-corrected chi connectivity index (χ2v) is 7.74. The highest BCUT2D eigenvalue weighted by atomic mass is 35.5. The lowest BCUT2D eigenvalue weighted by Gasteiger charge is -2.38. The largest absolute Gasteiger partial charge is 0.493 e. The summed E-state index contributed by atoms with van der Waals surface area (Å²) in [5.74, 6) is 2.97. The van der Waals surface area contributed by atoms with E-state index in [1.807, 2.05) is 0 Å². The summed E-state index contributed by atoms with van der Waals surface area (Å²) in [5, 5.41) is 4.34. The second kappa shape index (κ2) is 5.17. The quantitative estimate of drug-likeness (QED) is 0.912. The average Bonchev–Trinajstić information content (AvgIpc) is 3.13. The molecular weight excluding hydrogens is 282 g/mol. The monoisotopic (exact) mass is 305 g/mol. The van der Waals surface area contributed by atoms with Crippen LogP contribution in [-0.2, 0) is 12.8 Å². The van der Waals surface area contributed by atoms with Gasteiger partial charge in [0.2, 0.25) is 0 Å². The first-order valence-electron chi connectivity index (χ1n) is 8.29. The van der Waals surface area contributed by atoms with Crippen molar-refractivity contribution in [1.82, 2.24) is 5.32 Å². The minimum absolute atomic E-state index is 0.419. The Morgan fingerprint density at radius 1 is 1.38 bits per heavy atom. The van der Waals surface area contributed by atoms with Crippen LogP contribution in [0.2, 0.25) is 5.02 Å². The van der Waals surface area contributed by atoms with E-state index in [4.69, 9.17) is 16.3 Å². The van der Waals surface area contributed by atoms with Gasteiger partial charge < -0.3 is 10.1 Å². The van der Waals surface area contributed by atoms with Gasteiger partial charge in [0.15, 0.2) is 0 Å². The molecule has 0 aromatic heterocycles. The summed E-state index contributed by atoms with van der Waals surface area (Å²) >= 11 is 6.34. The molecule has 3 unspecified atom stereocenters. The van der Waals surface area contributed by atoms with Crippen molar-refractivity contribution in [2.45, 2.75) is 38.5 Å². The number of benzene rings is 1. The molecule has 21 heavy (non-hydrogen) atoms. The zero-order chi connectivity index (χ0) is 14.4. The molecule has 1 aliphatic heterocycles. The summed E-state index contributed by atoms with van der Waals surface area (Å²) in [6, 6.07) is 4.23. The van der Waals surface area contributed by atoms with Gasteiger partial charge in [-0.2, -0.15) is 0 Å². The molecule has 2 saturated carbocycles. The van der Waals surface area contributed by atoms with Crippen LogP contribution in [0.15, 0.2) is 12.1 Å². The predicted molar refractivity (Wildman–Crippen MR) is 86.2 cm³/mol. The van der Waals surface area contributed by atoms with Gasteiger partial charge in [-0.3, -0.25) is 0 Å². The number of hydrogen-bond donors (Lipinski definition) is 1. The lowest BCUT2D eigenvalue weighted by atomic mass is 9.69. The normalized spacial score (nSPS) is 33.2. The van der Waals surface area contributed by atoms with Crippen LogP contribution in [0.4, 0.5) is 0 Å². The Kier molecular flexibility index (Phi) is 3.42. The molecule has 1 heterocycles. The Balaban J connectivity index is 1.68. The number of ether oxygens (including phenoxy) is 1. The van der Waals surface area contributed by atoms with Gasteiger partial charge in [-0.05, 0) is 73.2 Å². The lowest BCUT2D eigenvalue weighted by molar-refractivity contribution is 0.158. The lowest BCUT2D eigenvalue weighted by Crippen LogP contribution is -2.39. The van der Waals surface area contributed by atoms with Crippen LogP contribution in [0.5, 0.6) is 5.75 Å². The first-order valence-corrected chi connectivity index (χ1v) is 8.67. The topological polar surface area (TPSA) is 21.3 Å². The maximum Gasteiger partial charge on any atom is 0.125 e. The van der Waals surface area contributed by atoms with E-state index in [1.165, 1.54) is 36.8 Å². The van der Waals surface area contributed by atoms with Crippen molar-refractivity contribution in [1.29, 1.82) is 0 Å². The smallest absolute Gasteiger partial charge is 0.125 e. The molecule has 2 fully saturated rings. The van der Waals surface area contributed by atoms with E-state index in [0.29, 0.717) is 5.41 Å². The van der Waals surface area contributed by atoms with Crippen LogP contribution >= 0.6 is 11.6 Å². The fourth-order valence-corrected chi connectivity index (χ4v) is 5.53. The van der Waals surface area contributed by atoms with Crippen LogP contribution in [0, 0.1) is 17.3 Å². The molecule has 1 N–H and O–H groups in total. The number of halogens is 1. The summed E-state index contributed by atoms with van der Waals surface area (Å²) in [4.78, 5) is 0. The summed E-state index contributed by atoms with van der Waals surface area (Å²) in [6.07, 6.45) is 7.80. The van der Waals surface area contributed by atoms with Crippen molar-refractivity contribution in [3.8, 4) is 5.75 Å². The molecule has 2 aliphatic carbocycles. The molecule has 0 amide bonds. The average molecular weight is 306 g/mol. The molecule has 114 valence electrons. The van der Waals surface area contributed by atoms with E-state index < -0.39 is 0 Å². The molecule has 3 aliphatic rings.